The normalized spacial score (nSPS) is 29.6. The maximum absolute atomic E-state index is 11.9. The van der Waals surface area contributed by atoms with Crippen molar-refractivity contribution < 1.29 is 4.79 Å². The van der Waals surface area contributed by atoms with Gasteiger partial charge in [-0.15, -0.1) is 0 Å². The molecule has 108 valence electrons. The van der Waals surface area contributed by atoms with Gasteiger partial charge in [0.2, 0.25) is 5.91 Å². The standard InChI is InChI=1S/C15H27N3O/c19-15(6-3-12-2-1-9-16-12)17-13-7-10-18(11-8-13)14-4-5-14/h12-14,16H,1-11H2,(H,17,19). The van der Waals surface area contributed by atoms with Crippen molar-refractivity contribution in [3.8, 4) is 0 Å². The molecule has 3 aliphatic rings. The third-order valence-electron chi connectivity index (χ3n) is 4.84. The smallest absolute Gasteiger partial charge is 0.220 e. The minimum atomic E-state index is 0.263. The second-order valence-corrected chi connectivity index (χ2v) is 6.44. The van der Waals surface area contributed by atoms with E-state index < -0.39 is 0 Å². The second kappa shape index (κ2) is 6.23. The molecule has 3 fully saturated rings. The molecule has 0 bridgehead atoms. The molecule has 1 saturated carbocycles. The zero-order valence-corrected chi connectivity index (χ0v) is 11.9. The summed E-state index contributed by atoms with van der Waals surface area (Å²) in [4.78, 5) is 14.5. The molecule has 1 aliphatic carbocycles. The van der Waals surface area contributed by atoms with Gasteiger partial charge in [-0.2, -0.15) is 0 Å². The molecular formula is C15H27N3O. The van der Waals surface area contributed by atoms with Gasteiger partial charge in [-0.1, -0.05) is 0 Å². The van der Waals surface area contributed by atoms with Crippen molar-refractivity contribution in [2.45, 2.75) is 69.5 Å². The number of piperidine rings is 1. The zero-order chi connectivity index (χ0) is 13.1. The zero-order valence-electron chi connectivity index (χ0n) is 11.9. The fourth-order valence-corrected chi connectivity index (χ4v) is 3.46. The van der Waals surface area contributed by atoms with E-state index in [1.54, 1.807) is 0 Å². The number of hydrogen-bond acceptors (Lipinski definition) is 3. The Morgan fingerprint density at radius 3 is 2.58 bits per heavy atom. The van der Waals surface area contributed by atoms with E-state index in [2.05, 4.69) is 15.5 Å². The fourth-order valence-electron chi connectivity index (χ4n) is 3.46. The van der Waals surface area contributed by atoms with Gasteiger partial charge in [0.1, 0.15) is 0 Å². The predicted octanol–water partition coefficient (Wildman–Crippen LogP) is 1.26. The lowest BCUT2D eigenvalue weighted by Gasteiger charge is -2.32. The molecule has 2 saturated heterocycles. The number of carbonyl (C=O) groups is 1. The van der Waals surface area contributed by atoms with Crippen LogP contribution in [0.3, 0.4) is 0 Å². The molecule has 0 spiro atoms. The third kappa shape index (κ3) is 3.93. The highest BCUT2D eigenvalue weighted by Gasteiger charge is 2.32. The third-order valence-corrected chi connectivity index (χ3v) is 4.84. The van der Waals surface area contributed by atoms with Crippen molar-refractivity contribution in [1.29, 1.82) is 0 Å². The van der Waals surface area contributed by atoms with Crippen molar-refractivity contribution in [2.75, 3.05) is 19.6 Å². The molecule has 0 aromatic carbocycles. The van der Waals surface area contributed by atoms with E-state index in [-0.39, 0.29) is 5.91 Å². The first-order chi connectivity index (χ1) is 9.31. The van der Waals surface area contributed by atoms with Crippen molar-refractivity contribution >= 4 is 5.91 Å². The van der Waals surface area contributed by atoms with Gasteiger partial charge in [-0.3, -0.25) is 4.79 Å². The highest BCUT2D eigenvalue weighted by molar-refractivity contribution is 5.76. The Hall–Kier alpha value is -0.610. The first-order valence-electron chi connectivity index (χ1n) is 8.08. The van der Waals surface area contributed by atoms with E-state index in [9.17, 15) is 4.79 Å². The number of nitrogens with one attached hydrogen (secondary N) is 2. The minimum Gasteiger partial charge on any atom is -0.353 e. The number of nitrogens with zero attached hydrogens (tertiary/aromatic N) is 1. The molecule has 0 aromatic rings. The van der Waals surface area contributed by atoms with Crippen LogP contribution in [-0.4, -0.2) is 48.6 Å². The van der Waals surface area contributed by atoms with Gasteiger partial charge in [0, 0.05) is 37.6 Å². The van der Waals surface area contributed by atoms with Crippen LogP contribution in [0.5, 0.6) is 0 Å². The van der Waals surface area contributed by atoms with E-state index in [0.29, 0.717) is 18.5 Å². The van der Waals surface area contributed by atoms with Crippen molar-refractivity contribution in [2.24, 2.45) is 0 Å². The summed E-state index contributed by atoms with van der Waals surface area (Å²) < 4.78 is 0. The lowest BCUT2D eigenvalue weighted by molar-refractivity contribution is -0.122. The van der Waals surface area contributed by atoms with Crippen LogP contribution in [0.15, 0.2) is 0 Å². The molecule has 2 heterocycles. The summed E-state index contributed by atoms with van der Waals surface area (Å²) in [6, 6.07) is 1.89. The van der Waals surface area contributed by atoms with Crippen molar-refractivity contribution in [1.82, 2.24) is 15.5 Å². The van der Waals surface area contributed by atoms with E-state index in [1.165, 1.54) is 38.8 Å². The van der Waals surface area contributed by atoms with Crippen LogP contribution in [0.1, 0.15) is 51.4 Å². The molecule has 1 amide bonds. The van der Waals surface area contributed by atoms with Gasteiger partial charge in [0.15, 0.2) is 0 Å². The van der Waals surface area contributed by atoms with Crippen LogP contribution < -0.4 is 10.6 Å². The Morgan fingerprint density at radius 1 is 1.16 bits per heavy atom. The van der Waals surface area contributed by atoms with Gasteiger partial charge in [0.25, 0.3) is 0 Å². The number of hydrogen-bond donors (Lipinski definition) is 2. The summed E-state index contributed by atoms with van der Waals surface area (Å²) in [5, 5.41) is 6.68. The van der Waals surface area contributed by atoms with E-state index in [4.69, 9.17) is 0 Å². The molecule has 1 atom stereocenters. The second-order valence-electron chi connectivity index (χ2n) is 6.44. The van der Waals surface area contributed by atoms with Gasteiger partial charge >= 0.3 is 0 Å². The van der Waals surface area contributed by atoms with Gasteiger partial charge in [0.05, 0.1) is 0 Å². The molecular weight excluding hydrogens is 238 g/mol. The molecule has 19 heavy (non-hydrogen) atoms. The number of amides is 1. The Morgan fingerprint density at radius 2 is 1.95 bits per heavy atom. The van der Waals surface area contributed by atoms with Gasteiger partial charge in [-0.05, 0) is 51.5 Å². The van der Waals surface area contributed by atoms with Crippen LogP contribution in [0.4, 0.5) is 0 Å². The van der Waals surface area contributed by atoms with Crippen LogP contribution >= 0.6 is 0 Å². The predicted molar refractivity (Wildman–Crippen MR) is 76.0 cm³/mol. The first kappa shape index (κ1) is 13.4. The van der Waals surface area contributed by atoms with E-state index in [1.807, 2.05) is 0 Å². The van der Waals surface area contributed by atoms with Crippen LogP contribution in [0, 0.1) is 0 Å². The largest absolute Gasteiger partial charge is 0.353 e. The molecule has 3 rings (SSSR count). The Labute approximate surface area is 116 Å². The highest BCUT2D eigenvalue weighted by atomic mass is 16.1. The van der Waals surface area contributed by atoms with Gasteiger partial charge in [-0.25, -0.2) is 0 Å². The molecule has 4 nitrogen and oxygen atoms in total. The topological polar surface area (TPSA) is 44.4 Å². The lowest BCUT2D eigenvalue weighted by atomic mass is 10.0. The SMILES string of the molecule is O=C(CCC1CCCN1)NC1CCN(C2CC2)CC1. The molecule has 0 aromatic heterocycles. The molecule has 2 N–H and O–H groups in total. The maximum atomic E-state index is 11.9. The van der Waals surface area contributed by atoms with E-state index >= 15 is 0 Å². The van der Waals surface area contributed by atoms with Crippen LogP contribution in [0.25, 0.3) is 0 Å². The summed E-state index contributed by atoms with van der Waals surface area (Å²) in [7, 11) is 0. The number of likely N-dealkylation sites (tertiary alicyclic amines) is 1. The average Bonchev–Trinajstić information content (AvgIpc) is 3.14. The van der Waals surface area contributed by atoms with E-state index in [0.717, 1.165) is 31.8 Å². The van der Waals surface area contributed by atoms with Crippen molar-refractivity contribution in [3.05, 3.63) is 0 Å². The maximum Gasteiger partial charge on any atom is 0.220 e. The van der Waals surface area contributed by atoms with Crippen molar-refractivity contribution in [3.63, 3.8) is 0 Å². The minimum absolute atomic E-state index is 0.263. The Kier molecular flexibility index (Phi) is 4.38. The molecule has 4 heteroatoms. The van der Waals surface area contributed by atoms with Crippen LogP contribution in [0.2, 0.25) is 0 Å². The summed E-state index contributed by atoms with van der Waals surface area (Å²) in [6.45, 7) is 3.49. The van der Waals surface area contributed by atoms with Crippen LogP contribution in [-0.2, 0) is 4.79 Å². The summed E-state index contributed by atoms with van der Waals surface area (Å²) in [5.74, 6) is 0.263. The molecule has 2 aliphatic heterocycles. The highest BCUT2D eigenvalue weighted by Crippen LogP contribution is 2.29. The molecule has 1 unspecified atom stereocenters. The van der Waals surface area contributed by atoms with Gasteiger partial charge < -0.3 is 15.5 Å². The Balaban J connectivity index is 1.31. The number of carbonyl (C=O) groups excluding carboxylic acids is 1. The summed E-state index contributed by atoms with van der Waals surface area (Å²) in [5.41, 5.74) is 0. The summed E-state index contributed by atoms with van der Waals surface area (Å²) >= 11 is 0. The monoisotopic (exact) mass is 265 g/mol. The average molecular weight is 265 g/mol. The Bertz CT molecular complexity index is 303. The molecule has 0 radical (unpaired) electrons. The quantitative estimate of drug-likeness (QED) is 0.786. The fraction of sp³-hybridized carbons (Fsp3) is 0.933. The first-order valence-corrected chi connectivity index (χ1v) is 8.08. The lowest BCUT2D eigenvalue weighted by Crippen LogP contribution is -2.45. The summed E-state index contributed by atoms with van der Waals surface area (Å²) in [6.07, 6.45) is 9.29. The number of rotatable bonds is 5.